The minimum atomic E-state index is 0.504. The van der Waals surface area contributed by atoms with Crippen LogP contribution in [-0.4, -0.2) is 24.5 Å². The zero-order valence-electron chi connectivity index (χ0n) is 36.7. The van der Waals surface area contributed by atoms with Gasteiger partial charge in [0.2, 0.25) is 0 Å². The van der Waals surface area contributed by atoms with Crippen LogP contribution in [0.1, 0.15) is 0 Å². The van der Waals surface area contributed by atoms with Crippen LogP contribution < -0.4 is 0 Å². The summed E-state index contributed by atoms with van der Waals surface area (Å²) < 4.78 is 4.83. The molecule has 0 aliphatic rings. The summed E-state index contributed by atoms with van der Waals surface area (Å²) in [6.45, 7) is 0. The summed E-state index contributed by atoms with van der Waals surface area (Å²) in [5, 5.41) is 4.96. The van der Waals surface area contributed by atoms with Crippen molar-refractivity contribution in [3.63, 3.8) is 0 Å². The van der Waals surface area contributed by atoms with Gasteiger partial charge in [-0.05, 0) is 94.5 Å². The first kappa shape index (κ1) is 39.5. The van der Waals surface area contributed by atoms with Crippen molar-refractivity contribution in [2.24, 2.45) is 0 Å². The van der Waals surface area contributed by atoms with E-state index < -0.39 is 0 Å². The number of rotatable bonds is 8. The Kier molecular flexibility index (Phi) is 9.62. The Bertz CT molecular complexity index is 3880. The quantitative estimate of drug-likeness (QED) is 0.153. The van der Waals surface area contributed by atoms with Gasteiger partial charge in [-0.2, -0.15) is 0 Å². The van der Waals surface area contributed by atoms with Gasteiger partial charge < -0.3 is 4.57 Å². The third-order valence-corrected chi connectivity index (χ3v) is 14.0. The SMILES string of the molecule is c1ccc(-c2cc(-c3ccccc3)cc(-c3ccc(-c4ccc5c(c4)sc4cc6c(cc45)c4ccccc4n6-c4ccccc4)c(-c4nc(-c5ccccc5)nc(-c5ccccc5)n4)n3)c2)cc1. The number of fused-ring (bicyclic) bond motifs is 6. The van der Waals surface area contributed by atoms with Crippen molar-refractivity contribution >= 4 is 53.3 Å². The highest BCUT2D eigenvalue weighted by molar-refractivity contribution is 7.26. The first-order chi connectivity index (χ1) is 33.7. The minimum absolute atomic E-state index is 0.504. The molecule has 0 saturated carbocycles. The van der Waals surface area contributed by atoms with Crippen LogP contribution in [0.5, 0.6) is 0 Å². The highest BCUT2D eigenvalue weighted by Crippen LogP contribution is 2.43. The van der Waals surface area contributed by atoms with E-state index >= 15 is 0 Å². The fourth-order valence-electron chi connectivity index (χ4n) is 9.57. The molecule has 0 amide bonds. The molecule has 0 fully saturated rings. The lowest BCUT2D eigenvalue weighted by molar-refractivity contribution is 1.06. The molecule has 13 rings (SSSR count). The number of hydrogen-bond acceptors (Lipinski definition) is 5. The van der Waals surface area contributed by atoms with E-state index in [9.17, 15) is 0 Å². The molecule has 4 aromatic heterocycles. The molecule has 0 spiro atoms. The number of para-hydroxylation sites is 2. The Morgan fingerprint density at radius 3 is 1.46 bits per heavy atom. The summed E-state index contributed by atoms with van der Waals surface area (Å²) in [5.74, 6) is 1.68. The lowest BCUT2D eigenvalue weighted by Crippen LogP contribution is -2.03. The monoisotopic (exact) mass is 885 g/mol. The number of hydrogen-bond donors (Lipinski definition) is 0. The lowest BCUT2D eigenvalue weighted by Gasteiger charge is -2.15. The Balaban J connectivity index is 1.03. The largest absolute Gasteiger partial charge is 0.309 e. The molecule has 0 atom stereocenters. The van der Waals surface area contributed by atoms with Gasteiger partial charge in [0, 0.05) is 58.9 Å². The molecule has 0 radical (unpaired) electrons. The van der Waals surface area contributed by atoms with E-state index in [4.69, 9.17) is 19.9 Å². The Hall–Kier alpha value is -8.84. The molecule has 0 saturated heterocycles. The van der Waals surface area contributed by atoms with Gasteiger partial charge in [0.1, 0.15) is 5.69 Å². The maximum Gasteiger partial charge on any atom is 0.183 e. The second-order valence-corrected chi connectivity index (χ2v) is 18.1. The molecule has 13 aromatic rings. The molecule has 0 N–H and O–H groups in total. The Labute approximate surface area is 397 Å². The van der Waals surface area contributed by atoms with Crippen LogP contribution >= 0.6 is 11.3 Å². The number of pyridine rings is 1. The van der Waals surface area contributed by atoms with E-state index in [0.717, 1.165) is 61.5 Å². The predicted octanol–water partition coefficient (Wildman–Crippen LogP) is 16.4. The molecule has 318 valence electrons. The van der Waals surface area contributed by atoms with Crippen LogP contribution in [0.2, 0.25) is 0 Å². The molecule has 9 aromatic carbocycles. The Morgan fingerprint density at radius 1 is 0.294 bits per heavy atom. The smallest absolute Gasteiger partial charge is 0.183 e. The molecule has 5 nitrogen and oxygen atoms in total. The average molecular weight is 886 g/mol. The maximum atomic E-state index is 5.60. The van der Waals surface area contributed by atoms with Crippen molar-refractivity contribution in [2.45, 2.75) is 0 Å². The number of aromatic nitrogens is 5. The summed E-state index contributed by atoms with van der Waals surface area (Å²) in [7, 11) is 0. The van der Waals surface area contributed by atoms with Crippen molar-refractivity contribution in [3.05, 3.63) is 237 Å². The summed E-state index contributed by atoms with van der Waals surface area (Å²) >= 11 is 1.82. The molecule has 68 heavy (non-hydrogen) atoms. The summed E-state index contributed by atoms with van der Waals surface area (Å²) in [6, 6.07) is 83.4. The van der Waals surface area contributed by atoms with Crippen molar-refractivity contribution in [1.29, 1.82) is 0 Å². The van der Waals surface area contributed by atoms with Crippen LogP contribution in [0, 0.1) is 0 Å². The molecule has 0 bridgehead atoms. The van der Waals surface area contributed by atoms with Crippen molar-refractivity contribution < 1.29 is 0 Å². The highest BCUT2D eigenvalue weighted by atomic mass is 32.1. The predicted molar refractivity (Wildman–Crippen MR) is 283 cm³/mol. The summed E-state index contributed by atoms with van der Waals surface area (Å²) in [5.41, 5.74) is 14.3. The molecule has 0 aliphatic carbocycles. The summed E-state index contributed by atoms with van der Waals surface area (Å²) in [4.78, 5) is 21.1. The standard InChI is InChI=1S/C62H39N5S/c1-6-18-40(19-7-1)45-34-46(41-20-8-2-9-21-41)36-47(35-45)54-33-32-49(59(63-54)62-65-60(42-22-10-3-11-23-42)64-61(66-62)43-24-12-4-13-25-43)44-30-31-51-53-38-52-50-28-16-17-29-55(50)67(48-26-14-5-15-27-48)56(52)39-58(53)68-57(51)37-44/h1-39H. The number of thiophene rings is 1. The van der Waals surface area contributed by atoms with Gasteiger partial charge in [-0.1, -0.05) is 170 Å². The average Bonchev–Trinajstić information content (AvgIpc) is 3.95. The summed E-state index contributed by atoms with van der Waals surface area (Å²) in [6.07, 6.45) is 0. The maximum absolute atomic E-state index is 5.60. The second-order valence-electron chi connectivity index (χ2n) is 17.0. The third-order valence-electron chi connectivity index (χ3n) is 12.8. The number of benzene rings is 9. The van der Waals surface area contributed by atoms with Crippen molar-refractivity contribution in [2.75, 3.05) is 0 Å². The van der Waals surface area contributed by atoms with Gasteiger partial charge >= 0.3 is 0 Å². The van der Waals surface area contributed by atoms with Crippen LogP contribution in [0.25, 0.3) is 127 Å². The van der Waals surface area contributed by atoms with Gasteiger partial charge in [0.15, 0.2) is 17.5 Å². The highest BCUT2D eigenvalue weighted by Gasteiger charge is 2.21. The van der Waals surface area contributed by atoms with Gasteiger partial charge in [-0.15, -0.1) is 11.3 Å². The van der Waals surface area contributed by atoms with Crippen LogP contribution in [0.15, 0.2) is 237 Å². The number of nitrogens with zero attached hydrogens (tertiary/aromatic N) is 5. The minimum Gasteiger partial charge on any atom is -0.309 e. The Morgan fingerprint density at radius 2 is 0.824 bits per heavy atom. The molecular formula is C62H39N5S. The van der Waals surface area contributed by atoms with E-state index in [1.807, 2.05) is 72.0 Å². The molecular weight excluding hydrogens is 847 g/mol. The topological polar surface area (TPSA) is 56.5 Å². The van der Waals surface area contributed by atoms with Crippen molar-refractivity contribution in [3.8, 4) is 84.6 Å². The normalized spacial score (nSPS) is 11.5. The van der Waals surface area contributed by atoms with Crippen LogP contribution in [0.3, 0.4) is 0 Å². The van der Waals surface area contributed by atoms with Gasteiger partial charge in [-0.25, -0.2) is 19.9 Å². The van der Waals surface area contributed by atoms with E-state index in [2.05, 4.69) is 180 Å². The first-order valence-electron chi connectivity index (χ1n) is 22.8. The molecule has 0 aliphatic heterocycles. The van der Waals surface area contributed by atoms with Crippen LogP contribution in [0.4, 0.5) is 0 Å². The van der Waals surface area contributed by atoms with E-state index in [1.165, 1.54) is 42.0 Å². The zero-order chi connectivity index (χ0) is 45.0. The molecule has 4 heterocycles. The fourth-order valence-corrected chi connectivity index (χ4v) is 10.7. The molecule has 6 heteroatoms. The van der Waals surface area contributed by atoms with Gasteiger partial charge in [0.05, 0.1) is 16.7 Å². The van der Waals surface area contributed by atoms with Gasteiger partial charge in [0.25, 0.3) is 0 Å². The second kappa shape index (κ2) is 16.5. The van der Waals surface area contributed by atoms with Gasteiger partial charge in [-0.3, -0.25) is 0 Å². The molecule has 0 unspecified atom stereocenters. The van der Waals surface area contributed by atoms with E-state index in [1.54, 1.807) is 0 Å². The third kappa shape index (κ3) is 7.03. The van der Waals surface area contributed by atoms with E-state index in [0.29, 0.717) is 23.2 Å². The first-order valence-corrected chi connectivity index (χ1v) is 23.6. The fraction of sp³-hybridized carbons (Fsp3) is 0. The van der Waals surface area contributed by atoms with E-state index in [-0.39, 0.29) is 0 Å². The van der Waals surface area contributed by atoms with Crippen molar-refractivity contribution in [1.82, 2.24) is 24.5 Å². The van der Waals surface area contributed by atoms with Crippen LogP contribution in [-0.2, 0) is 0 Å². The zero-order valence-corrected chi connectivity index (χ0v) is 37.5. The lowest BCUT2D eigenvalue weighted by atomic mass is 9.94.